The SMILES string of the molecule is C=CC(=O)N1C[C@H](Nc2ncnc3[nH]cc([C@H]4CC[C@]5(C4)CC5(C)F)c23)CC[C@@H]1C. The number of aromatic amines is 1. The Balaban J connectivity index is 1.40. The fourth-order valence-corrected chi connectivity index (χ4v) is 5.88. The van der Waals surface area contributed by atoms with Gasteiger partial charge in [0.25, 0.3) is 0 Å². The lowest BCUT2D eigenvalue weighted by atomic mass is 9.94. The van der Waals surface area contributed by atoms with E-state index in [2.05, 4.69) is 33.8 Å². The number of hydrogen-bond acceptors (Lipinski definition) is 4. The summed E-state index contributed by atoms with van der Waals surface area (Å²) in [5.41, 5.74) is 0.863. The maximum atomic E-state index is 14.6. The van der Waals surface area contributed by atoms with Crippen LogP contribution in [0.5, 0.6) is 0 Å². The van der Waals surface area contributed by atoms with Crippen LogP contribution in [0.3, 0.4) is 0 Å². The molecule has 5 rings (SSSR count). The van der Waals surface area contributed by atoms with Gasteiger partial charge < -0.3 is 15.2 Å². The molecule has 2 aromatic rings. The van der Waals surface area contributed by atoms with Gasteiger partial charge in [-0.05, 0) is 69.9 Å². The van der Waals surface area contributed by atoms with Gasteiger partial charge in [-0.25, -0.2) is 14.4 Å². The highest BCUT2D eigenvalue weighted by molar-refractivity contribution is 5.91. The Kier molecular flexibility index (Phi) is 4.42. The summed E-state index contributed by atoms with van der Waals surface area (Å²) in [6, 6.07) is 0.337. The van der Waals surface area contributed by atoms with Crippen LogP contribution in [-0.2, 0) is 4.79 Å². The molecule has 1 amide bonds. The van der Waals surface area contributed by atoms with E-state index >= 15 is 0 Å². The second kappa shape index (κ2) is 6.79. The first-order chi connectivity index (χ1) is 14.3. The summed E-state index contributed by atoms with van der Waals surface area (Å²) < 4.78 is 14.6. The molecule has 0 aromatic carbocycles. The zero-order chi connectivity index (χ0) is 21.1. The lowest BCUT2D eigenvalue weighted by Crippen LogP contribution is -2.49. The maximum Gasteiger partial charge on any atom is 0.246 e. The molecule has 0 radical (unpaired) electrons. The number of fused-ring (bicyclic) bond motifs is 1. The Hall–Kier alpha value is -2.44. The van der Waals surface area contributed by atoms with E-state index in [1.165, 1.54) is 11.6 Å². The third-order valence-electron chi connectivity index (χ3n) is 7.88. The lowest BCUT2D eigenvalue weighted by Gasteiger charge is -2.38. The first kappa shape index (κ1) is 19.5. The number of halogens is 1. The number of hydrogen-bond donors (Lipinski definition) is 2. The Morgan fingerprint density at radius 2 is 2.20 bits per heavy atom. The molecule has 3 aliphatic rings. The molecule has 6 nitrogen and oxygen atoms in total. The summed E-state index contributed by atoms with van der Waals surface area (Å²) in [7, 11) is 0. The minimum absolute atomic E-state index is 0.0286. The minimum Gasteiger partial charge on any atom is -0.365 e. The number of amides is 1. The molecule has 2 N–H and O–H groups in total. The molecule has 3 heterocycles. The molecule has 2 aromatic heterocycles. The maximum absolute atomic E-state index is 14.6. The Labute approximate surface area is 176 Å². The molecule has 1 spiro atoms. The standard InChI is InChI=1S/C23H30FN5O/c1-4-18(30)29-11-16(6-5-14(29)2)28-21-19-17(10-25-20(19)26-13-27-21)15-7-8-23(9-15)12-22(23,3)24/h4,10,13-16H,1,5-9,11-12H2,2-3H3,(H2,25,26,27,28)/t14-,15-,16+,22?,23-/m0/s1. The second-order valence-corrected chi connectivity index (χ2v) is 9.75. The van der Waals surface area contributed by atoms with Crippen LogP contribution in [0.4, 0.5) is 10.2 Å². The molecule has 160 valence electrons. The molecule has 1 aliphatic heterocycles. The number of rotatable bonds is 4. The number of likely N-dealkylation sites (tertiary alicyclic amines) is 1. The van der Waals surface area contributed by atoms with Gasteiger partial charge in [0.2, 0.25) is 5.91 Å². The first-order valence-corrected chi connectivity index (χ1v) is 11.0. The molecule has 3 fully saturated rings. The van der Waals surface area contributed by atoms with Crippen LogP contribution in [0, 0.1) is 5.41 Å². The Morgan fingerprint density at radius 1 is 1.40 bits per heavy atom. The van der Waals surface area contributed by atoms with Gasteiger partial charge in [-0.15, -0.1) is 0 Å². The highest BCUT2D eigenvalue weighted by atomic mass is 19.1. The zero-order valence-corrected chi connectivity index (χ0v) is 17.7. The van der Waals surface area contributed by atoms with Gasteiger partial charge in [0.05, 0.1) is 5.39 Å². The number of H-pyrrole nitrogens is 1. The predicted molar refractivity (Wildman–Crippen MR) is 115 cm³/mol. The van der Waals surface area contributed by atoms with Crippen LogP contribution in [0.1, 0.15) is 63.9 Å². The fraction of sp³-hybridized carbons (Fsp3) is 0.609. The number of aromatic nitrogens is 3. The van der Waals surface area contributed by atoms with Crippen LogP contribution in [-0.4, -0.2) is 50.1 Å². The van der Waals surface area contributed by atoms with Crippen molar-refractivity contribution in [3.63, 3.8) is 0 Å². The second-order valence-electron chi connectivity index (χ2n) is 9.75. The van der Waals surface area contributed by atoms with Crippen LogP contribution in [0.2, 0.25) is 0 Å². The Morgan fingerprint density at radius 3 is 2.90 bits per heavy atom. The van der Waals surface area contributed by atoms with Crippen LogP contribution in [0.15, 0.2) is 25.2 Å². The predicted octanol–water partition coefficient (Wildman–Crippen LogP) is 4.32. The van der Waals surface area contributed by atoms with Gasteiger partial charge in [0, 0.05) is 30.2 Å². The van der Waals surface area contributed by atoms with Gasteiger partial charge in [0.1, 0.15) is 23.5 Å². The van der Waals surface area contributed by atoms with Crippen molar-refractivity contribution in [1.82, 2.24) is 19.9 Å². The molecular weight excluding hydrogens is 381 g/mol. The summed E-state index contributed by atoms with van der Waals surface area (Å²) in [6.45, 7) is 8.09. The van der Waals surface area contributed by atoms with E-state index in [1.54, 1.807) is 13.3 Å². The van der Waals surface area contributed by atoms with E-state index in [-0.39, 0.29) is 23.4 Å². The molecule has 0 bridgehead atoms. The number of anilines is 1. The first-order valence-electron chi connectivity index (χ1n) is 11.0. The fourth-order valence-electron chi connectivity index (χ4n) is 5.88. The minimum atomic E-state index is -1.01. The third-order valence-corrected chi connectivity index (χ3v) is 7.88. The van der Waals surface area contributed by atoms with Gasteiger partial charge in [-0.1, -0.05) is 6.58 Å². The highest BCUT2D eigenvalue weighted by Gasteiger charge is 2.67. The summed E-state index contributed by atoms with van der Waals surface area (Å²) in [5.74, 6) is 1.11. The van der Waals surface area contributed by atoms with Gasteiger partial charge in [-0.3, -0.25) is 4.79 Å². The Bertz CT molecular complexity index is 1000. The highest BCUT2D eigenvalue weighted by Crippen LogP contribution is 2.70. The summed E-state index contributed by atoms with van der Waals surface area (Å²) in [6.07, 6.45) is 10.4. The summed E-state index contributed by atoms with van der Waals surface area (Å²) in [5, 5.41) is 4.60. The number of nitrogens with one attached hydrogen (secondary N) is 2. The summed E-state index contributed by atoms with van der Waals surface area (Å²) in [4.78, 5) is 26.4. The number of carbonyl (C=O) groups excluding carboxylic acids is 1. The smallest absolute Gasteiger partial charge is 0.246 e. The molecule has 2 saturated carbocycles. The lowest BCUT2D eigenvalue weighted by molar-refractivity contribution is -0.129. The van der Waals surface area contributed by atoms with Crippen molar-refractivity contribution in [3.8, 4) is 0 Å². The van der Waals surface area contributed by atoms with Crippen molar-refractivity contribution < 1.29 is 9.18 Å². The van der Waals surface area contributed by atoms with E-state index in [1.807, 2.05) is 11.1 Å². The molecule has 1 unspecified atom stereocenters. The topological polar surface area (TPSA) is 73.9 Å². The number of piperidine rings is 1. The largest absolute Gasteiger partial charge is 0.365 e. The molecule has 1 saturated heterocycles. The number of alkyl halides is 1. The van der Waals surface area contributed by atoms with Crippen molar-refractivity contribution in [3.05, 3.63) is 30.7 Å². The number of nitrogens with zero attached hydrogens (tertiary/aromatic N) is 3. The monoisotopic (exact) mass is 411 g/mol. The van der Waals surface area contributed by atoms with E-state index in [0.29, 0.717) is 18.9 Å². The van der Waals surface area contributed by atoms with Crippen molar-refractivity contribution in [2.75, 3.05) is 11.9 Å². The van der Waals surface area contributed by atoms with Crippen molar-refractivity contribution in [2.24, 2.45) is 5.41 Å². The quantitative estimate of drug-likeness (QED) is 0.735. The van der Waals surface area contributed by atoms with Crippen LogP contribution < -0.4 is 5.32 Å². The van der Waals surface area contributed by atoms with Crippen molar-refractivity contribution in [2.45, 2.75) is 76.0 Å². The van der Waals surface area contributed by atoms with Crippen LogP contribution >= 0.6 is 0 Å². The van der Waals surface area contributed by atoms with Gasteiger partial charge in [-0.2, -0.15) is 0 Å². The van der Waals surface area contributed by atoms with Gasteiger partial charge >= 0.3 is 0 Å². The van der Waals surface area contributed by atoms with E-state index in [0.717, 1.165) is 49.0 Å². The molecule has 7 heteroatoms. The molecular formula is C23H30FN5O. The van der Waals surface area contributed by atoms with Crippen molar-refractivity contribution >= 4 is 22.8 Å². The van der Waals surface area contributed by atoms with E-state index < -0.39 is 5.67 Å². The van der Waals surface area contributed by atoms with E-state index in [9.17, 15) is 9.18 Å². The number of carbonyl (C=O) groups is 1. The average molecular weight is 412 g/mol. The molecule has 2 aliphatic carbocycles. The van der Waals surface area contributed by atoms with Gasteiger partial charge in [0.15, 0.2) is 0 Å². The normalized spacial score (nSPS) is 35.7. The van der Waals surface area contributed by atoms with Crippen LogP contribution in [0.25, 0.3) is 11.0 Å². The zero-order valence-electron chi connectivity index (χ0n) is 17.7. The van der Waals surface area contributed by atoms with E-state index in [4.69, 9.17) is 0 Å². The summed E-state index contributed by atoms with van der Waals surface area (Å²) >= 11 is 0. The third kappa shape index (κ3) is 3.01. The average Bonchev–Trinajstić information content (AvgIpc) is 3.10. The van der Waals surface area contributed by atoms with Crippen molar-refractivity contribution in [1.29, 1.82) is 0 Å². The molecule has 30 heavy (non-hydrogen) atoms. The molecule has 5 atom stereocenters.